The lowest BCUT2D eigenvalue weighted by molar-refractivity contribution is 1.19. The second kappa shape index (κ2) is 4.42. The first-order chi connectivity index (χ1) is 7.63. The molecule has 0 amide bonds. The van der Waals surface area contributed by atoms with E-state index in [4.69, 9.17) is 0 Å². The number of fused-ring (bicyclic) bond motifs is 1. The van der Waals surface area contributed by atoms with Crippen LogP contribution in [-0.2, 0) is 0 Å². The molecule has 1 N–H and O–H groups in total. The molecule has 84 valence electrons. The number of benzene rings is 1. The van der Waals surface area contributed by atoms with E-state index in [1.54, 1.807) is 0 Å². The lowest BCUT2D eigenvalue weighted by Crippen LogP contribution is -2.00. The smallest absolute Gasteiger partial charge is 0.0870 e. The monoisotopic (exact) mass is 278 g/mol. The largest absolute Gasteiger partial charge is 0.385 e. The summed E-state index contributed by atoms with van der Waals surface area (Å²) in [6.45, 7) is 7.17. The molecule has 0 fully saturated rings. The summed E-state index contributed by atoms with van der Waals surface area (Å²) in [6, 6.07) is 6.27. The highest BCUT2D eigenvalue weighted by atomic mass is 79.9. The lowest BCUT2D eigenvalue weighted by Gasteiger charge is -2.12. The Balaban J connectivity index is 2.83. The SMILES string of the molecule is CCNc1cc(C)nc2c(Br)ccc(C)c12. The molecule has 0 aliphatic heterocycles. The first-order valence-corrected chi connectivity index (χ1v) is 6.23. The van der Waals surface area contributed by atoms with E-state index in [2.05, 4.69) is 58.3 Å². The van der Waals surface area contributed by atoms with E-state index in [-0.39, 0.29) is 0 Å². The molecule has 1 aromatic heterocycles. The maximum atomic E-state index is 4.59. The third-order valence-corrected chi connectivity index (χ3v) is 3.25. The van der Waals surface area contributed by atoms with Crippen molar-refractivity contribution in [2.24, 2.45) is 0 Å². The van der Waals surface area contributed by atoms with E-state index in [0.717, 1.165) is 22.2 Å². The summed E-state index contributed by atoms with van der Waals surface area (Å²) in [4.78, 5) is 4.59. The van der Waals surface area contributed by atoms with Gasteiger partial charge in [-0.3, -0.25) is 4.98 Å². The van der Waals surface area contributed by atoms with E-state index in [1.807, 2.05) is 6.92 Å². The Kier molecular flexibility index (Phi) is 3.15. The molecule has 2 aromatic rings. The van der Waals surface area contributed by atoms with E-state index < -0.39 is 0 Å². The van der Waals surface area contributed by atoms with E-state index in [0.29, 0.717) is 0 Å². The fourth-order valence-corrected chi connectivity index (χ4v) is 2.35. The van der Waals surface area contributed by atoms with Crippen LogP contribution < -0.4 is 5.32 Å². The van der Waals surface area contributed by atoms with Gasteiger partial charge in [-0.25, -0.2) is 0 Å². The number of anilines is 1. The number of nitrogens with one attached hydrogen (secondary N) is 1. The minimum Gasteiger partial charge on any atom is -0.385 e. The van der Waals surface area contributed by atoms with Crippen molar-refractivity contribution >= 4 is 32.5 Å². The van der Waals surface area contributed by atoms with Crippen LogP contribution in [0.2, 0.25) is 0 Å². The summed E-state index contributed by atoms with van der Waals surface area (Å²) in [5.41, 5.74) is 4.50. The van der Waals surface area contributed by atoms with Gasteiger partial charge in [0.25, 0.3) is 0 Å². The van der Waals surface area contributed by atoms with E-state index >= 15 is 0 Å². The van der Waals surface area contributed by atoms with Crippen molar-refractivity contribution in [3.63, 3.8) is 0 Å². The van der Waals surface area contributed by atoms with Crippen molar-refractivity contribution in [1.29, 1.82) is 0 Å². The second-order valence-electron chi connectivity index (χ2n) is 3.93. The molecule has 1 aromatic carbocycles. The third-order valence-electron chi connectivity index (χ3n) is 2.61. The number of halogens is 1. The van der Waals surface area contributed by atoms with Crippen molar-refractivity contribution in [3.05, 3.63) is 33.9 Å². The summed E-state index contributed by atoms with van der Waals surface area (Å²) in [5.74, 6) is 0. The van der Waals surface area contributed by atoms with Crippen LogP contribution in [0.15, 0.2) is 22.7 Å². The quantitative estimate of drug-likeness (QED) is 0.897. The van der Waals surface area contributed by atoms with Gasteiger partial charge in [0.2, 0.25) is 0 Å². The average Bonchev–Trinajstić information content (AvgIpc) is 2.23. The highest BCUT2D eigenvalue weighted by molar-refractivity contribution is 9.10. The predicted octanol–water partition coefficient (Wildman–Crippen LogP) is 4.05. The lowest BCUT2D eigenvalue weighted by atomic mass is 10.1. The van der Waals surface area contributed by atoms with Crippen LogP contribution in [0, 0.1) is 13.8 Å². The van der Waals surface area contributed by atoms with Crippen molar-refractivity contribution in [1.82, 2.24) is 4.98 Å². The number of hydrogen-bond donors (Lipinski definition) is 1. The van der Waals surface area contributed by atoms with Crippen molar-refractivity contribution in [3.8, 4) is 0 Å². The Morgan fingerprint density at radius 1 is 1.31 bits per heavy atom. The first kappa shape index (κ1) is 11.4. The Morgan fingerprint density at radius 2 is 2.06 bits per heavy atom. The molecule has 2 nitrogen and oxygen atoms in total. The Labute approximate surface area is 104 Å². The number of pyridine rings is 1. The highest BCUT2D eigenvalue weighted by Gasteiger charge is 2.08. The van der Waals surface area contributed by atoms with Crippen LogP contribution in [-0.4, -0.2) is 11.5 Å². The minimum atomic E-state index is 0.921. The topological polar surface area (TPSA) is 24.9 Å². The molecule has 3 heteroatoms. The standard InChI is InChI=1S/C13H15BrN2/c1-4-15-11-7-9(3)16-13-10(14)6-5-8(2)12(11)13/h5-7H,4H2,1-3H3,(H,15,16). The molecular weight excluding hydrogens is 264 g/mol. The Bertz CT molecular complexity index is 535. The van der Waals surface area contributed by atoms with Gasteiger partial charge in [0.15, 0.2) is 0 Å². The van der Waals surface area contributed by atoms with Crippen LogP contribution in [0.5, 0.6) is 0 Å². The summed E-state index contributed by atoms with van der Waals surface area (Å²) in [6.07, 6.45) is 0. The fraction of sp³-hybridized carbons (Fsp3) is 0.308. The molecule has 0 unspecified atom stereocenters. The maximum absolute atomic E-state index is 4.59. The van der Waals surface area contributed by atoms with Gasteiger partial charge in [-0.2, -0.15) is 0 Å². The van der Waals surface area contributed by atoms with E-state index in [1.165, 1.54) is 16.6 Å². The molecular formula is C13H15BrN2. The molecule has 0 atom stereocenters. The van der Waals surface area contributed by atoms with E-state index in [9.17, 15) is 0 Å². The van der Waals surface area contributed by atoms with Crippen LogP contribution in [0.3, 0.4) is 0 Å². The van der Waals surface area contributed by atoms with Gasteiger partial charge >= 0.3 is 0 Å². The fourth-order valence-electron chi connectivity index (χ4n) is 1.94. The Morgan fingerprint density at radius 3 is 2.75 bits per heavy atom. The molecule has 1 heterocycles. The summed E-state index contributed by atoms with van der Waals surface area (Å²) in [7, 11) is 0. The maximum Gasteiger partial charge on any atom is 0.0870 e. The highest BCUT2D eigenvalue weighted by Crippen LogP contribution is 2.31. The Hall–Kier alpha value is -1.09. The van der Waals surface area contributed by atoms with Crippen LogP contribution in [0.1, 0.15) is 18.2 Å². The van der Waals surface area contributed by atoms with Gasteiger partial charge in [0.05, 0.1) is 5.52 Å². The van der Waals surface area contributed by atoms with Gasteiger partial charge in [-0.05, 0) is 54.4 Å². The predicted molar refractivity (Wildman–Crippen MR) is 73.1 cm³/mol. The van der Waals surface area contributed by atoms with Gasteiger partial charge in [-0.1, -0.05) is 6.07 Å². The molecule has 0 radical (unpaired) electrons. The minimum absolute atomic E-state index is 0.921. The van der Waals surface area contributed by atoms with Crippen LogP contribution in [0.4, 0.5) is 5.69 Å². The molecule has 0 bridgehead atoms. The normalized spacial score (nSPS) is 10.8. The first-order valence-electron chi connectivity index (χ1n) is 5.43. The van der Waals surface area contributed by atoms with Crippen molar-refractivity contribution in [2.75, 3.05) is 11.9 Å². The number of nitrogens with zero attached hydrogens (tertiary/aromatic N) is 1. The van der Waals surface area contributed by atoms with Gasteiger partial charge in [0, 0.05) is 27.8 Å². The zero-order chi connectivity index (χ0) is 11.7. The molecule has 0 saturated heterocycles. The summed E-state index contributed by atoms with van der Waals surface area (Å²) in [5, 5.41) is 4.61. The summed E-state index contributed by atoms with van der Waals surface area (Å²) >= 11 is 3.56. The van der Waals surface area contributed by atoms with Crippen molar-refractivity contribution < 1.29 is 0 Å². The number of hydrogen-bond acceptors (Lipinski definition) is 2. The van der Waals surface area contributed by atoms with Crippen LogP contribution >= 0.6 is 15.9 Å². The zero-order valence-corrected chi connectivity index (χ0v) is 11.4. The van der Waals surface area contributed by atoms with Crippen LogP contribution in [0.25, 0.3) is 10.9 Å². The molecule has 0 aliphatic rings. The molecule has 2 rings (SSSR count). The molecule has 16 heavy (non-hydrogen) atoms. The number of rotatable bonds is 2. The second-order valence-corrected chi connectivity index (χ2v) is 4.78. The van der Waals surface area contributed by atoms with Crippen molar-refractivity contribution in [2.45, 2.75) is 20.8 Å². The zero-order valence-electron chi connectivity index (χ0n) is 9.76. The number of aryl methyl sites for hydroxylation is 2. The molecule has 0 aliphatic carbocycles. The van der Waals surface area contributed by atoms with Gasteiger partial charge < -0.3 is 5.32 Å². The number of aromatic nitrogens is 1. The van der Waals surface area contributed by atoms with Gasteiger partial charge in [-0.15, -0.1) is 0 Å². The molecule has 0 saturated carbocycles. The van der Waals surface area contributed by atoms with Gasteiger partial charge in [0.1, 0.15) is 0 Å². The average molecular weight is 279 g/mol. The summed E-state index contributed by atoms with van der Waals surface area (Å²) < 4.78 is 1.05. The molecule has 0 spiro atoms. The third kappa shape index (κ3) is 1.92.